The highest BCUT2D eigenvalue weighted by atomic mass is 79.9. The number of hydrogen-bond donors (Lipinski definition) is 2. The number of carboxylic acid groups (broad SMARTS) is 2. The fraction of sp³-hybridized carbons (Fsp3) is 0.273. The Bertz CT molecular complexity index is 471. The van der Waals surface area contributed by atoms with E-state index in [-0.39, 0.29) is 6.42 Å². The number of halogens is 1. The molecule has 0 heterocycles. The van der Waals surface area contributed by atoms with Gasteiger partial charge < -0.3 is 10.2 Å². The molecule has 0 saturated heterocycles. The van der Waals surface area contributed by atoms with Crippen molar-refractivity contribution in [1.82, 2.24) is 0 Å². The van der Waals surface area contributed by atoms with E-state index in [1.807, 2.05) is 0 Å². The van der Waals surface area contributed by atoms with Gasteiger partial charge in [-0.15, -0.1) is 0 Å². The van der Waals surface area contributed by atoms with E-state index in [2.05, 4.69) is 15.9 Å². The van der Waals surface area contributed by atoms with Crippen molar-refractivity contribution in [3.8, 4) is 0 Å². The normalized spacial score (nSPS) is 27.4. The van der Waals surface area contributed by atoms with Gasteiger partial charge in [-0.3, -0.25) is 9.59 Å². The Hall–Kier alpha value is -1.36. The zero-order valence-electron chi connectivity index (χ0n) is 8.18. The minimum Gasteiger partial charge on any atom is -0.481 e. The van der Waals surface area contributed by atoms with Gasteiger partial charge in [-0.1, -0.05) is 28.1 Å². The Morgan fingerprint density at radius 1 is 1.38 bits per heavy atom. The number of carboxylic acids is 2. The van der Waals surface area contributed by atoms with Crippen molar-refractivity contribution in [3.63, 3.8) is 0 Å². The molecule has 1 aliphatic rings. The number of aliphatic carboxylic acids is 2. The zero-order valence-corrected chi connectivity index (χ0v) is 9.77. The van der Waals surface area contributed by atoms with Crippen LogP contribution in [0, 0.1) is 5.92 Å². The van der Waals surface area contributed by atoms with Crippen LogP contribution in [0.25, 0.3) is 0 Å². The summed E-state index contributed by atoms with van der Waals surface area (Å²) >= 11 is 3.25. The number of hydrogen-bond acceptors (Lipinski definition) is 2. The predicted octanol–water partition coefficient (Wildman–Crippen LogP) is 1.88. The van der Waals surface area contributed by atoms with Crippen molar-refractivity contribution >= 4 is 27.9 Å². The molecule has 2 atom stereocenters. The predicted molar refractivity (Wildman–Crippen MR) is 59.2 cm³/mol. The SMILES string of the molecule is O=C(O)[C@H]1C[C@]1(C(=O)O)c1cccc(Br)c1. The minimum atomic E-state index is -1.24. The summed E-state index contributed by atoms with van der Waals surface area (Å²) in [5.74, 6) is -2.94. The van der Waals surface area contributed by atoms with E-state index in [9.17, 15) is 14.7 Å². The molecule has 1 aromatic rings. The summed E-state index contributed by atoms with van der Waals surface area (Å²) in [6.07, 6.45) is 0.161. The average molecular weight is 285 g/mol. The maximum absolute atomic E-state index is 11.2. The maximum Gasteiger partial charge on any atom is 0.315 e. The molecule has 2 N–H and O–H groups in total. The molecule has 1 saturated carbocycles. The molecule has 16 heavy (non-hydrogen) atoms. The summed E-state index contributed by atoms with van der Waals surface area (Å²) in [7, 11) is 0. The largest absolute Gasteiger partial charge is 0.481 e. The van der Waals surface area contributed by atoms with Crippen LogP contribution < -0.4 is 0 Å². The molecule has 0 radical (unpaired) electrons. The fourth-order valence-electron chi connectivity index (χ4n) is 2.01. The second kappa shape index (κ2) is 3.59. The van der Waals surface area contributed by atoms with Gasteiger partial charge in [0, 0.05) is 4.47 Å². The molecule has 1 aliphatic carbocycles. The van der Waals surface area contributed by atoms with Crippen molar-refractivity contribution in [1.29, 1.82) is 0 Å². The van der Waals surface area contributed by atoms with Gasteiger partial charge in [-0.25, -0.2) is 0 Å². The van der Waals surface area contributed by atoms with Crippen molar-refractivity contribution in [2.24, 2.45) is 5.92 Å². The van der Waals surface area contributed by atoms with E-state index in [0.29, 0.717) is 5.56 Å². The smallest absolute Gasteiger partial charge is 0.315 e. The van der Waals surface area contributed by atoms with Crippen molar-refractivity contribution in [3.05, 3.63) is 34.3 Å². The maximum atomic E-state index is 11.2. The van der Waals surface area contributed by atoms with Gasteiger partial charge >= 0.3 is 11.9 Å². The summed E-state index contributed by atoms with van der Waals surface area (Å²) < 4.78 is 0.752. The van der Waals surface area contributed by atoms with Crippen molar-refractivity contribution < 1.29 is 19.8 Å². The lowest BCUT2D eigenvalue weighted by atomic mass is 9.93. The van der Waals surface area contributed by atoms with E-state index < -0.39 is 23.3 Å². The van der Waals surface area contributed by atoms with Crippen LogP contribution >= 0.6 is 15.9 Å². The van der Waals surface area contributed by atoms with Crippen LogP contribution in [-0.4, -0.2) is 22.2 Å². The van der Waals surface area contributed by atoms with Crippen LogP contribution in [0.4, 0.5) is 0 Å². The molecule has 0 spiro atoms. The Kier molecular flexibility index (Phi) is 2.50. The van der Waals surface area contributed by atoms with Crippen LogP contribution in [0.1, 0.15) is 12.0 Å². The highest BCUT2D eigenvalue weighted by Gasteiger charge is 2.65. The molecule has 84 valence electrons. The monoisotopic (exact) mass is 284 g/mol. The second-order valence-corrected chi connectivity index (χ2v) is 4.80. The molecule has 5 heteroatoms. The number of benzene rings is 1. The Morgan fingerprint density at radius 2 is 2.06 bits per heavy atom. The quantitative estimate of drug-likeness (QED) is 0.889. The Morgan fingerprint density at radius 3 is 2.50 bits per heavy atom. The first-order valence-corrected chi connectivity index (χ1v) is 5.50. The minimum absolute atomic E-state index is 0.161. The molecule has 1 aromatic carbocycles. The summed E-state index contributed by atoms with van der Waals surface area (Å²) in [6, 6.07) is 6.80. The zero-order chi connectivity index (χ0) is 11.9. The highest BCUT2D eigenvalue weighted by molar-refractivity contribution is 9.10. The first kappa shape index (κ1) is 11.1. The van der Waals surface area contributed by atoms with E-state index in [0.717, 1.165) is 4.47 Å². The summed E-state index contributed by atoms with van der Waals surface area (Å²) in [6.45, 7) is 0. The lowest BCUT2D eigenvalue weighted by Gasteiger charge is -2.11. The molecule has 0 aliphatic heterocycles. The molecule has 1 fully saturated rings. The molecular weight excluding hydrogens is 276 g/mol. The summed E-state index contributed by atoms with van der Waals surface area (Å²) in [5.41, 5.74) is -0.697. The number of carbonyl (C=O) groups is 2. The van der Waals surface area contributed by atoms with E-state index in [1.54, 1.807) is 24.3 Å². The Labute approximate surface area is 100 Å². The molecule has 0 aromatic heterocycles. The molecule has 2 rings (SSSR count). The summed E-state index contributed by atoms with van der Waals surface area (Å²) in [4.78, 5) is 22.1. The standard InChI is InChI=1S/C11H9BrO4/c12-7-3-1-2-6(4-7)11(10(15)16)5-8(11)9(13)14/h1-4,8H,5H2,(H,13,14)(H,15,16)/t8-,11+/m1/s1. The van der Waals surface area contributed by atoms with E-state index in [1.165, 1.54) is 0 Å². The molecule has 0 amide bonds. The fourth-order valence-corrected chi connectivity index (χ4v) is 2.41. The first-order chi connectivity index (χ1) is 7.48. The number of rotatable bonds is 3. The van der Waals surface area contributed by atoms with Crippen LogP contribution in [0.3, 0.4) is 0 Å². The van der Waals surface area contributed by atoms with Gasteiger partial charge in [0.2, 0.25) is 0 Å². The molecular formula is C11H9BrO4. The summed E-state index contributed by atoms with van der Waals surface area (Å²) in [5, 5.41) is 18.1. The Balaban J connectivity index is 2.44. The van der Waals surface area contributed by atoms with Crippen LogP contribution in [-0.2, 0) is 15.0 Å². The third kappa shape index (κ3) is 1.51. The van der Waals surface area contributed by atoms with Gasteiger partial charge in [0.15, 0.2) is 0 Å². The lowest BCUT2D eigenvalue weighted by Crippen LogP contribution is -2.25. The first-order valence-electron chi connectivity index (χ1n) is 4.70. The van der Waals surface area contributed by atoms with Crippen LogP contribution in [0.2, 0.25) is 0 Å². The van der Waals surface area contributed by atoms with Gasteiger partial charge in [0.25, 0.3) is 0 Å². The van der Waals surface area contributed by atoms with Gasteiger partial charge in [-0.05, 0) is 24.1 Å². The van der Waals surface area contributed by atoms with Crippen molar-refractivity contribution in [2.75, 3.05) is 0 Å². The van der Waals surface area contributed by atoms with Crippen LogP contribution in [0.5, 0.6) is 0 Å². The second-order valence-electron chi connectivity index (χ2n) is 3.88. The third-order valence-corrected chi connectivity index (χ3v) is 3.47. The highest BCUT2D eigenvalue weighted by Crippen LogP contribution is 2.54. The third-order valence-electron chi connectivity index (χ3n) is 2.98. The van der Waals surface area contributed by atoms with Gasteiger partial charge in [0.05, 0.1) is 5.92 Å². The van der Waals surface area contributed by atoms with Crippen molar-refractivity contribution in [2.45, 2.75) is 11.8 Å². The molecule has 0 unspecified atom stereocenters. The average Bonchev–Trinajstić information content (AvgIpc) is 2.93. The topological polar surface area (TPSA) is 74.6 Å². The van der Waals surface area contributed by atoms with E-state index >= 15 is 0 Å². The van der Waals surface area contributed by atoms with Gasteiger partial charge in [-0.2, -0.15) is 0 Å². The molecule has 0 bridgehead atoms. The molecule has 4 nitrogen and oxygen atoms in total. The van der Waals surface area contributed by atoms with Crippen LogP contribution in [0.15, 0.2) is 28.7 Å². The van der Waals surface area contributed by atoms with Gasteiger partial charge in [0.1, 0.15) is 5.41 Å². The van der Waals surface area contributed by atoms with E-state index in [4.69, 9.17) is 5.11 Å². The lowest BCUT2D eigenvalue weighted by molar-refractivity contribution is -0.145.